The normalized spacial score (nSPS) is 12.2. The average Bonchev–Trinajstić information content (AvgIpc) is 2.61. The molecule has 2 amide bonds. The molecule has 0 aliphatic heterocycles. The van der Waals surface area contributed by atoms with Gasteiger partial charge in [0.1, 0.15) is 11.9 Å². The van der Waals surface area contributed by atoms with Crippen LogP contribution in [0.15, 0.2) is 47.6 Å². The summed E-state index contributed by atoms with van der Waals surface area (Å²) >= 11 is 11.9. The van der Waals surface area contributed by atoms with Crippen LogP contribution in [0.4, 0.5) is 4.39 Å². The van der Waals surface area contributed by atoms with Crippen molar-refractivity contribution in [2.24, 2.45) is 11.0 Å². The summed E-state index contributed by atoms with van der Waals surface area (Å²) in [6.45, 7) is 3.57. The van der Waals surface area contributed by atoms with E-state index in [1.165, 1.54) is 30.5 Å². The van der Waals surface area contributed by atoms with Gasteiger partial charge in [0.2, 0.25) is 0 Å². The maximum absolute atomic E-state index is 13.0. The zero-order valence-electron chi connectivity index (χ0n) is 14.7. The van der Waals surface area contributed by atoms with Gasteiger partial charge in [-0.05, 0) is 42.3 Å². The second-order valence-electron chi connectivity index (χ2n) is 6.10. The molecule has 0 spiro atoms. The predicted molar refractivity (Wildman–Crippen MR) is 105 cm³/mol. The number of nitrogens with one attached hydrogen (secondary N) is 2. The van der Waals surface area contributed by atoms with Gasteiger partial charge in [-0.25, -0.2) is 9.82 Å². The standard InChI is InChI=1S/C19H18Cl2FN3O2/c1-11(2)17(24-18(26)12-4-7-15(22)8-5-12)19(27)25-23-10-13-3-6-14(20)9-16(13)21/h3-11,17H,1-2H3,(H,24,26)(H,25,27)/b23-10+. The number of benzene rings is 2. The highest BCUT2D eigenvalue weighted by molar-refractivity contribution is 6.36. The van der Waals surface area contributed by atoms with Crippen LogP contribution in [0.2, 0.25) is 10.0 Å². The summed E-state index contributed by atoms with van der Waals surface area (Å²) in [4.78, 5) is 24.6. The Morgan fingerprint density at radius 3 is 2.37 bits per heavy atom. The van der Waals surface area contributed by atoms with Crippen LogP contribution in [0.3, 0.4) is 0 Å². The molecule has 0 bridgehead atoms. The van der Waals surface area contributed by atoms with E-state index in [-0.39, 0.29) is 11.5 Å². The molecule has 2 N–H and O–H groups in total. The van der Waals surface area contributed by atoms with Crippen molar-refractivity contribution < 1.29 is 14.0 Å². The number of amides is 2. The molecule has 142 valence electrons. The number of carbonyl (C=O) groups excluding carboxylic acids is 2. The third kappa shape index (κ3) is 6.05. The summed E-state index contributed by atoms with van der Waals surface area (Å²) in [6, 6.07) is 9.11. The molecule has 0 aliphatic rings. The Bertz CT molecular complexity index is 855. The van der Waals surface area contributed by atoms with Crippen LogP contribution in [0.25, 0.3) is 0 Å². The number of rotatable bonds is 6. The van der Waals surface area contributed by atoms with E-state index in [4.69, 9.17) is 23.2 Å². The molecule has 8 heteroatoms. The maximum atomic E-state index is 13.0. The zero-order valence-corrected chi connectivity index (χ0v) is 16.2. The highest BCUT2D eigenvalue weighted by atomic mass is 35.5. The molecule has 27 heavy (non-hydrogen) atoms. The molecule has 0 radical (unpaired) electrons. The molecule has 5 nitrogen and oxygen atoms in total. The van der Waals surface area contributed by atoms with Crippen molar-refractivity contribution in [2.75, 3.05) is 0 Å². The van der Waals surface area contributed by atoms with Crippen LogP contribution in [-0.2, 0) is 4.79 Å². The fourth-order valence-electron chi connectivity index (χ4n) is 2.20. The molecule has 2 aromatic carbocycles. The quantitative estimate of drug-likeness (QED) is 0.558. The van der Waals surface area contributed by atoms with E-state index in [1.807, 2.05) is 0 Å². The van der Waals surface area contributed by atoms with Crippen molar-refractivity contribution in [3.8, 4) is 0 Å². The second-order valence-corrected chi connectivity index (χ2v) is 6.95. The lowest BCUT2D eigenvalue weighted by Gasteiger charge is -2.20. The Morgan fingerprint density at radius 2 is 1.78 bits per heavy atom. The van der Waals surface area contributed by atoms with Gasteiger partial charge in [0.25, 0.3) is 11.8 Å². The van der Waals surface area contributed by atoms with Crippen molar-refractivity contribution >= 4 is 41.2 Å². The van der Waals surface area contributed by atoms with Crippen LogP contribution in [0, 0.1) is 11.7 Å². The Hall–Kier alpha value is -2.44. The van der Waals surface area contributed by atoms with Gasteiger partial charge < -0.3 is 5.32 Å². The van der Waals surface area contributed by atoms with Crippen LogP contribution < -0.4 is 10.7 Å². The molecule has 2 rings (SSSR count). The summed E-state index contributed by atoms with van der Waals surface area (Å²) in [7, 11) is 0. The average molecular weight is 410 g/mol. The Morgan fingerprint density at radius 1 is 1.11 bits per heavy atom. The van der Waals surface area contributed by atoms with Gasteiger partial charge in [0.15, 0.2) is 0 Å². The van der Waals surface area contributed by atoms with E-state index >= 15 is 0 Å². The fourth-order valence-corrected chi connectivity index (χ4v) is 2.66. The van der Waals surface area contributed by atoms with Crippen LogP contribution in [-0.4, -0.2) is 24.1 Å². The SMILES string of the molecule is CC(C)C(NC(=O)c1ccc(F)cc1)C(=O)N/N=C/c1ccc(Cl)cc1Cl. The third-order valence-corrected chi connectivity index (χ3v) is 4.25. The van der Waals surface area contributed by atoms with E-state index in [0.717, 1.165) is 0 Å². The molecule has 1 unspecified atom stereocenters. The molecular weight excluding hydrogens is 392 g/mol. The molecule has 0 heterocycles. The summed E-state index contributed by atoms with van der Waals surface area (Å²) in [5, 5.41) is 7.39. The first-order valence-corrected chi connectivity index (χ1v) is 8.88. The summed E-state index contributed by atoms with van der Waals surface area (Å²) in [6.07, 6.45) is 1.38. The van der Waals surface area contributed by atoms with Gasteiger partial charge in [-0.15, -0.1) is 0 Å². The first kappa shape index (κ1) is 20.9. The predicted octanol–water partition coefficient (Wildman–Crippen LogP) is 4.04. The molecule has 0 saturated heterocycles. The number of carbonyl (C=O) groups is 2. The number of halogens is 3. The molecular formula is C19H18Cl2FN3O2. The van der Waals surface area contributed by atoms with Gasteiger partial charge in [0.05, 0.1) is 11.2 Å². The largest absolute Gasteiger partial charge is 0.340 e. The van der Waals surface area contributed by atoms with Gasteiger partial charge >= 0.3 is 0 Å². The number of nitrogens with zero attached hydrogens (tertiary/aromatic N) is 1. The number of hydrazone groups is 1. The highest BCUT2D eigenvalue weighted by Gasteiger charge is 2.24. The van der Waals surface area contributed by atoms with E-state index in [1.54, 1.807) is 32.0 Å². The van der Waals surface area contributed by atoms with E-state index in [2.05, 4.69) is 15.8 Å². The smallest absolute Gasteiger partial charge is 0.262 e. The van der Waals surface area contributed by atoms with Crippen LogP contribution in [0.5, 0.6) is 0 Å². The summed E-state index contributed by atoms with van der Waals surface area (Å²) in [5.41, 5.74) is 3.22. The van der Waals surface area contributed by atoms with Gasteiger partial charge in [-0.1, -0.05) is 43.1 Å². The first-order chi connectivity index (χ1) is 12.8. The fraction of sp³-hybridized carbons (Fsp3) is 0.211. The number of hydrogen-bond acceptors (Lipinski definition) is 3. The van der Waals surface area contributed by atoms with Gasteiger partial charge in [-0.3, -0.25) is 9.59 Å². The molecule has 0 saturated carbocycles. The molecule has 2 aromatic rings. The molecule has 0 aliphatic carbocycles. The van der Waals surface area contributed by atoms with Crippen LogP contribution in [0.1, 0.15) is 29.8 Å². The van der Waals surface area contributed by atoms with Crippen molar-refractivity contribution in [2.45, 2.75) is 19.9 Å². The Balaban J connectivity index is 2.02. The van der Waals surface area contributed by atoms with Gasteiger partial charge in [-0.2, -0.15) is 5.10 Å². The third-order valence-electron chi connectivity index (χ3n) is 3.68. The van der Waals surface area contributed by atoms with E-state index in [9.17, 15) is 14.0 Å². The topological polar surface area (TPSA) is 70.6 Å². The van der Waals surface area contributed by atoms with Crippen molar-refractivity contribution in [3.63, 3.8) is 0 Å². The van der Waals surface area contributed by atoms with E-state index < -0.39 is 23.7 Å². The minimum atomic E-state index is -0.819. The van der Waals surface area contributed by atoms with Crippen molar-refractivity contribution in [3.05, 3.63) is 69.5 Å². The molecule has 0 aromatic heterocycles. The Kier molecular flexibility index (Phi) is 7.33. The van der Waals surface area contributed by atoms with E-state index in [0.29, 0.717) is 15.6 Å². The number of hydrogen-bond donors (Lipinski definition) is 2. The summed E-state index contributed by atoms with van der Waals surface area (Å²) in [5.74, 6) is -1.60. The zero-order chi connectivity index (χ0) is 20.0. The van der Waals surface area contributed by atoms with Crippen LogP contribution >= 0.6 is 23.2 Å². The maximum Gasteiger partial charge on any atom is 0.262 e. The monoisotopic (exact) mass is 409 g/mol. The molecule has 0 fully saturated rings. The second kappa shape index (κ2) is 9.48. The van der Waals surface area contributed by atoms with Gasteiger partial charge in [0, 0.05) is 16.1 Å². The Labute approximate surface area is 166 Å². The van der Waals surface area contributed by atoms with Crippen molar-refractivity contribution in [1.29, 1.82) is 0 Å². The van der Waals surface area contributed by atoms with Crippen molar-refractivity contribution in [1.82, 2.24) is 10.7 Å². The lowest BCUT2D eigenvalue weighted by atomic mass is 10.0. The minimum absolute atomic E-state index is 0.191. The lowest BCUT2D eigenvalue weighted by Crippen LogP contribution is -2.48. The molecule has 1 atom stereocenters. The summed E-state index contributed by atoms with van der Waals surface area (Å²) < 4.78 is 13.0. The minimum Gasteiger partial charge on any atom is -0.340 e. The lowest BCUT2D eigenvalue weighted by molar-refractivity contribution is -0.123. The first-order valence-electron chi connectivity index (χ1n) is 8.12. The highest BCUT2D eigenvalue weighted by Crippen LogP contribution is 2.19.